The Labute approximate surface area is 113 Å². The highest BCUT2D eigenvalue weighted by atomic mass is 19.1. The van der Waals surface area contributed by atoms with Crippen molar-refractivity contribution < 1.29 is 4.39 Å². The van der Waals surface area contributed by atoms with Crippen LogP contribution in [-0.4, -0.2) is 16.8 Å². The lowest BCUT2D eigenvalue weighted by molar-refractivity contribution is 0.587. The zero-order chi connectivity index (χ0) is 13.8. The fraction of sp³-hybridized carbons (Fsp3) is 0.400. The van der Waals surface area contributed by atoms with Crippen LogP contribution in [0.2, 0.25) is 0 Å². The number of nitrogens with one attached hydrogen (secondary N) is 1. The second kappa shape index (κ2) is 5.97. The molecule has 2 aromatic rings. The van der Waals surface area contributed by atoms with Gasteiger partial charge in [-0.1, -0.05) is 13.0 Å². The Kier molecular flexibility index (Phi) is 4.32. The molecule has 0 radical (unpaired) electrons. The van der Waals surface area contributed by atoms with Gasteiger partial charge in [0.2, 0.25) is 0 Å². The zero-order valence-electron chi connectivity index (χ0n) is 11.7. The third-order valence-electron chi connectivity index (χ3n) is 3.24. The predicted octanol–water partition coefficient (Wildman–Crippen LogP) is 3.13. The molecule has 0 saturated carbocycles. The molecule has 1 aromatic heterocycles. The minimum Gasteiger partial charge on any atom is -0.316 e. The summed E-state index contributed by atoms with van der Waals surface area (Å²) in [5.41, 5.74) is 3.60. The number of aromatic nitrogens is 2. The fourth-order valence-corrected chi connectivity index (χ4v) is 2.24. The van der Waals surface area contributed by atoms with Crippen LogP contribution < -0.4 is 5.32 Å². The molecule has 0 aliphatic heterocycles. The highest BCUT2D eigenvalue weighted by Gasteiger charge is 2.12. The maximum Gasteiger partial charge on any atom is 0.131 e. The third-order valence-corrected chi connectivity index (χ3v) is 3.24. The van der Waals surface area contributed by atoms with Gasteiger partial charge in [-0.2, -0.15) is 5.10 Å². The number of hydrogen-bond acceptors (Lipinski definition) is 2. The van der Waals surface area contributed by atoms with Crippen LogP contribution in [0.25, 0.3) is 11.1 Å². The van der Waals surface area contributed by atoms with Gasteiger partial charge in [0.1, 0.15) is 5.82 Å². The molecular weight excluding hydrogens is 241 g/mol. The smallest absolute Gasteiger partial charge is 0.131 e. The normalized spacial score (nSPS) is 10.9. The third kappa shape index (κ3) is 2.84. The van der Waals surface area contributed by atoms with E-state index in [0.29, 0.717) is 5.56 Å². The van der Waals surface area contributed by atoms with Crippen molar-refractivity contribution in [1.29, 1.82) is 0 Å². The first kappa shape index (κ1) is 13.7. The lowest BCUT2D eigenvalue weighted by Crippen LogP contribution is -2.05. The van der Waals surface area contributed by atoms with Crippen LogP contribution in [0.3, 0.4) is 0 Å². The minimum absolute atomic E-state index is 0.195. The average molecular weight is 261 g/mol. The van der Waals surface area contributed by atoms with E-state index in [2.05, 4.69) is 17.3 Å². The molecule has 0 bridgehead atoms. The number of benzene rings is 1. The first-order valence-electron chi connectivity index (χ1n) is 6.63. The Bertz CT molecular complexity index is 561. The van der Waals surface area contributed by atoms with Gasteiger partial charge in [0, 0.05) is 29.9 Å². The van der Waals surface area contributed by atoms with E-state index in [1.165, 1.54) is 6.07 Å². The lowest BCUT2D eigenvalue weighted by atomic mass is 10.0. The van der Waals surface area contributed by atoms with Gasteiger partial charge >= 0.3 is 0 Å². The highest BCUT2D eigenvalue weighted by molar-refractivity contribution is 5.66. The molecule has 0 unspecified atom stereocenters. The van der Waals surface area contributed by atoms with Crippen molar-refractivity contribution >= 4 is 0 Å². The summed E-state index contributed by atoms with van der Waals surface area (Å²) >= 11 is 0. The number of rotatable bonds is 5. The SMILES string of the molecule is CCCn1ncc(-c2cc(CNC)ccc2F)c1C. The van der Waals surface area contributed by atoms with E-state index >= 15 is 0 Å². The summed E-state index contributed by atoms with van der Waals surface area (Å²) in [5, 5.41) is 7.41. The second-order valence-electron chi connectivity index (χ2n) is 4.71. The Morgan fingerprint density at radius 1 is 1.32 bits per heavy atom. The molecule has 1 aromatic carbocycles. The Morgan fingerprint density at radius 3 is 2.79 bits per heavy atom. The molecule has 19 heavy (non-hydrogen) atoms. The summed E-state index contributed by atoms with van der Waals surface area (Å²) in [4.78, 5) is 0. The van der Waals surface area contributed by atoms with Gasteiger partial charge in [-0.3, -0.25) is 4.68 Å². The van der Waals surface area contributed by atoms with E-state index in [1.54, 1.807) is 12.3 Å². The van der Waals surface area contributed by atoms with Gasteiger partial charge in [-0.05, 0) is 38.1 Å². The molecule has 0 fully saturated rings. The van der Waals surface area contributed by atoms with Crippen molar-refractivity contribution in [2.24, 2.45) is 0 Å². The van der Waals surface area contributed by atoms with E-state index in [4.69, 9.17) is 0 Å². The minimum atomic E-state index is -0.195. The Hall–Kier alpha value is -1.68. The first-order valence-corrected chi connectivity index (χ1v) is 6.63. The van der Waals surface area contributed by atoms with Gasteiger partial charge in [0.25, 0.3) is 0 Å². The largest absolute Gasteiger partial charge is 0.316 e. The van der Waals surface area contributed by atoms with Crippen LogP contribution in [0, 0.1) is 12.7 Å². The van der Waals surface area contributed by atoms with Crippen LogP contribution in [-0.2, 0) is 13.1 Å². The predicted molar refractivity (Wildman–Crippen MR) is 75.4 cm³/mol. The van der Waals surface area contributed by atoms with Gasteiger partial charge in [0.15, 0.2) is 0 Å². The van der Waals surface area contributed by atoms with Crippen LogP contribution in [0.4, 0.5) is 4.39 Å². The van der Waals surface area contributed by atoms with Crippen LogP contribution >= 0.6 is 0 Å². The van der Waals surface area contributed by atoms with Crippen molar-refractivity contribution in [3.8, 4) is 11.1 Å². The highest BCUT2D eigenvalue weighted by Crippen LogP contribution is 2.27. The molecule has 4 heteroatoms. The van der Waals surface area contributed by atoms with Crippen molar-refractivity contribution in [3.05, 3.63) is 41.5 Å². The summed E-state index contributed by atoms with van der Waals surface area (Å²) < 4.78 is 15.9. The second-order valence-corrected chi connectivity index (χ2v) is 4.71. The molecule has 0 aliphatic rings. The van der Waals surface area contributed by atoms with Crippen molar-refractivity contribution in [3.63, 3.8) is 0 Å². The van der Waals surface area contributed by atoms with Gasteiger partial charge in [-0.15, -0.1) is 0 Å². The fourth-order valence-electron chi connectivity index (χ4n) is 2.24. The van der Waals surface area contributed by atoms with E-state index in [9.17, 15) is 4.39 Å². The lowest BCUT2D eigenvalue weighted by Gasteiger charge is -2.07. The zero-order valence-corrected chi connectivity index (χ0v) is 11.7. The summed E-state index contributed by atoms with van der Waals surface area (Å²) in [6.07, 6.45) is 2.77. The molecule has 3 nitrogen and oxygen atoms in total. The van der Waals surface area contributed by atoms with Crippen LogP contribution in [0.1, 0.15) is 24.6 Å². The van der Waals surface area contributed by atoms with Crippen LogP contribution in [0.5, 0.6) is 0 Å². The number of hydrogen-bond donors (Lipinski definition) is 1. The monoisotopic (exact) mass is 261 g/mol. The van der Waals surface area contributed by atoms with Crippen LogP contribution in [0.15, 0.2) is 24.4 Å². The molecular formula is C15H20FN3. The first-order chi connectivity index (χ1) is 9.17. The van der Waals surface area contributed by atoms with E-state index in [1.807, 2.05) is 24.7 Å². The number of nitrogens with zero attached hydrogens (tertiary/aromatic N) is 2. The molecule has 0 spiro atoms. The van der Waals surface area contributed by atoms with Gasteiger partial charge in [-0.25, -0.2) is 4.39 Å². The summed E-state index contributed by atoms with van der Waals surface area (Å²) in [6, 6.07) is 5.23. The number of aryl methyl sites for hydroxylation is 1. The topological polar surface area (TPSA) is 29.9 Å². The molecule has 0 amide bonds. The van der Waals surface area contributed by atoms with E-state index < -0.39 is 0 Å². The molecule has 1 N–H and O–H groups in total. The van der Waals surface area contributed by atoms with Crippen molar-refractivity contribution in [2.75, 3.05) is 7.05 Å². The van der Waals surface area contributed by atoms with Gasteiger partial charge < -0.3 is 5.32 Å². The average Bonchev–Trinajstić information content (AvgIpc) is 2.75. The van der Waals surface area contributed by atoms with E-state index in [0.717, 1.165) is 36.3 Å². The maximum absolute atomic E-state index is 14.0. The quantitative estimate of drug-likeness (QED) is 0.896. The summed E-state index contributed by atoms with van der Waals surface area (Å²) in [6.45, 7) is 5.69. The van der Waals surface area contributed by atoms with Gasteiger partial charge in [0.05, 0.1) is 6.20 Å². The van der Waals surface area contributed by atoms with E-state index in [-0.39, 0.29) is 5.82 Å². The standard InChI is InChI=1S/C15H20FN3/c1-4-7-19-11(2)14(10-18-19)13-8-12(9-17-3)5-6-15(13)16/h5-6,8,10,17H,4,7,9H2,1-3H3. The summed E-state index contributed by atoms with van der Waals surface area (Å²) in [7, 11) is 1.88. The Morgan fingerprint density at radius 2 is 2.11 bits per heavy atom. The molecule has 1 heterocycles. The molecule has 0 aliphatic carbocycles. The maximum atomic E-state index is 14.0. The molecule has 0 atom stereocenters. The van der Waals surface area contributed by atoms with Crippen molar-refractivity contribution in [2.45, 2.75) is 33.4 Å². The van der Waals surface area contributed by atoms with Crippen molar-refractivity contribution in [1.82, 2.24) is 15.1 Å². The molecule has 102 valence electrons. The molecule has 2 rings (SSSR count). The summed E-state index contributed by atoms with van der Waals surface area (Å²) in [5.74, 6) is -0.195. The molecule has 0 saturated heterocycles. The Balaban J connectivity index is 2.43. The number of halogens is 1.